The molecule has 0 fully saturated rings. The quantitative estimate of drug-likeness (QED) is 0.359. The van der Waals surface area contributed by atoms with Gasteiger partial charge in [0.1, 0.15) is 0 Å². The number of thiocarbonyl (C=S) groups is 1. The summed E-state index contributed by atoms with van der Waals surface area (Å²) in [4.78, 5) is 3.47. The molecule has 0 unspecified atom stereocenters. The van der Waals surface area contributed by atoms with Crippen LogP contribution in [0.1, 0.15) is 6.92 Å². The highest BCUT2D eigenvalue weighted by Gasteiger charge is 1.46. The minimum absolute atomic E-state index is 1.59. The van der Waals surface area contributed by atoms with Crippen molar-refractivity contribution in [1.82, 2.24) is 0 Å². The lowest BCUT2D eigenvalue weighted by atomic mass is 10.7. The van der Waals surface area contributed by atoms with Gasteiger partial charge in [-0.2, -0.15) is 0 Å². The number of allylic oxidation sites excluding steroid dienone is 1. The van der Waals surface area contributed by atoms with Crippen LogP contribution in [0.15, 0.2) is 17.3 Å². The Morgan fingerprint density at radius 3 is 2.67 bits per heavy atom. The van der Waals surface area contributed by atoms with Crippen LogP contribution in [-0.4, -0.2) is 5.16 Å². The maximum absolute atomic E-state index is 4.25. The average molecular weight is 99.2 g/mol. The standard InChI is InChI=1S/C4H5NS/c1-2-3-5-4-6/h2-3H,1H3. The molecule has 0 aromatic rings. The van der Waals surface area contributed by atoms with Crippen molar-refractivity contribution in [2.24, 2.45) is 4.99 Å². The molecule has 0 amide bonds. The van der Waals surface area contributed by atoms with Crippen molar-refractivity contribution in [3.05, 3.63) is 12.3 Å². The van der Waals surface area contributed by atoms with Crippen LogP contribution in [0.5, 0.6) is 0 Å². The molecular formula is C4H5NS. The van der Waals surface area contributed by atoms with E-state index >= 15 is 0 Å². The number of rotatable bonds is 1. The van der Waals surface area contributed by atoms with Gasteiger partial charge in [-0.15, -0.1) is 0 Å². The Labute approximate surface area is 42.4 Å². The third-order valence-electron chi connectivity index (χ3n) is 0.276. The summed E-state index contributed by atoms with van der Waals surface area (Å²) in [6, 6.07) is 0. The molecule has 0 radical (unpaired) electrons. The van der Waals surface area contributed by atoms with E-state index in [1.807, 2.05) is 6.92 Å². The van der Waals surface area contributed by atoms with Gasteiger partial charge in [0.2, 0.25) is 0 Å². The second-order valence-electron chi connectivity index (χ2n) is 0.703. The zero-order chi connectivity index (χ0) is 4.83. The second-order valence-corrected chi connectivity index (χ2v) is 0.885. The second kappa shape index (κ2) is 4.54. The maximum Gasteiger partial charge on any atom is 0.0634 e. The highest BCUT2D eigenvalue weighted by molar-refractivity contribution is 7.78. The van der Waals surface area contributed by atoms with Crippen LogP contribution >= 0.6 is 12.2 Å². The minimum Gasteiger partial charge on any atom is -0.203 e. The first kappa shape index (κ1) is 5.54. The fraction of sp³-hybridized carbons (Fsp3) is 0.250. The van der Waals surface area contributed by atoms with E-state index in [0.717, 1.165) is 0 Å². The van der Waals surface area contributed by atoms with Gasteiger partial charge in [0.15, 0.2) is 0 Å². The third kappa shape index (κ3) is 3.54. The van der Waals surface area contributed by atoms with Gasteiger partial charge in [-0.25, -0.2) is 4.99 Å². The molecule has 0 bridgehead atoms. The van der Waals surface area contributed by atoms with Crippen LogP contribution in [0, 0.1) is 0 Å². The van der Waals surface area contributed by atoms with Crippen molar-refractivity contribution in [3.63, 3.8) is 0 Å². The lowest BCUT2D eigenvalue weighted by Crippen LogP contribution is -1.39. The van der Waals surface area contributed by atoms with E-state index < -0.39 is 0 Å². The van der Waals surface area contributed by atoms with E-state index in [1.165, 1.54) is 0 Å². The molecular weight excluding hydrogens is 94.1 g/mol. The molecule has 2 heteroatoms. The molecule has 0 atom stereocenters. The SMILES string of the molecule is CC=CN=C=S. The Kier molecular flexibility index (Phi) is 4.19. The van der Waals surface area contributed by atoms with Crippen molar-refractivity contribution in [2.45, 2.75) is 6.92 Å². The van der Waals surface area contributed by atoms with Crippen LogP contribution in [0.3, 0.4) is 0 Å². The van der Waals surface area contributed by atoms with Gasteiger partial charge in [-0.3, -0.25) is 0 Å². The van der Waals surface area contributed by atoms with E-state index in [9.17, 15) is 0 Å². The first-order chi connectivity index (χ1) is 2.91. The number of aliphatic imine (C=N–C) groups is 1. The maximum atomic E-state index is 4.25. The Bertz CT molecular complexity index is 89.7. The van der Waals surface area contributed by atoms with Gasteiger partial charge in [0.05, 0.1) is 5.16 Å². The van der Waals surface area contributed by atoms with Crippen LogP contribution in [0.25, 0.3) is 0 Å². The predicted molar refractivity (Wildman–Crippen MR) is 29.8 cm³/mol. The fourth-order valence-corrected chi connectivity index (χ4v) is 0.166. The van der Waals surface area contributed by atoms with E-state index in [4.69, 9.17) is 0 Å². The summed E-state index contributed by atoms with van der Waals surface area (Å²) in [7, 11) is 0. The minimum atomic E-state index is 1.59. The fourth-order valence-electron chi connectivity index (χ4n) is 0.105. The molecule has 0 aliphatic heterocycles. The zero-order valence-electron chi connectivity index (χ0n) is 3.51. The van der Waals surface area contributed by atoms with Crippen LogP contribution in [0.4, 0.5) is 0 Å². The number of isothiocyanates is 1. The summed E-state index contributed by atoms with van der Waals surface area (Å²) in [5.41, 5.74) is 0. The van der Waals surface area contributed by atoms with Gasteiger partial charge in [-0.05, 0) is 19.1 Å². The van der Waals surface area contributed by atoms with E-state index in [2.05, 4.69) is 22.4 Å². The Balaban J connectivity index is 3.33. The van der Waals surface area contributed by atoms with Crippen molar-refractivity contribution in [3.8, 4) is 0 Å². The Morgan fingerprint density at radius 1 is 1.83 bits per heavy atom. The lowest BCUT2D eigenvalue weighted by molar-refractivity contribution is 1.56. The van der Waals surface area contributed by atoms with Crippen LogP contribution < -0.4 is 0 Å². The Morgan fingerprint density at radius 2 is 2.50 bits per heavy atom. The molecule has 0 rings (SSSR count). The molecule has 0 N–H and O–H groups in total. The van der Waals surface area contributed by atoms with E-state index in [1.54, 1.807) is 12.3 Å². The van der Waals surface area contributed by atoms with Crippen LogP contribution in [0.2, 0.25) is 0 Å². The van der Waals surface area contributed by atoms with Crippen molar-refractivity contribution in [1.29, 1.82) is 0 Å². The third-order valence-corrected chi connectivity index (χ3v) is 0.382. The van der Waals surface area contributed by atoms with Gasteiger partial charge in [0, 0.05) is 6.20 Å². The molecule has 0 saturated carbocycles. The zero-order valence-corrected chi connectivity index (χ0v) is 4.33. The molecule has 0 saturated heterocycles. The lowest BCUT2D eigenvalue weighted by Gasteiger charge is -1.57. The smallest absolute Gasteiger partial charge is 0.0634 e. The number of nitrogens with zero attached hydrogens (tertiary/aromatic N) is 1. The predicted octanol–water partition coefficient (Wildman–Crippen LogP) is 1.62. The van der Waals surface area contributed by atoms with Crippen molar-refractivity contribution >= 4 is 17.4 Å². The molecule has 0 spiro atoms. The Hall–Kier alpha value is -0.460. The van der Waals surface area contributed by atoms with Crippen molar-refractivity contribution < 1.29 is 0 Å². The van der Waals surface area contributed by atoms with E-state index in [-0.39, 0.29) is 0 Å². The molecule has 0 aromatic heterocycles. The molecule has 0 heterocycles. The first-order valence-corrected chi connectivity index (χ1v) is 2.00. The van der Waals surface area contributed by atoms with Gasteiger partial charge >= 0.3 is 0 Å². The largest absolute Gasteiger partial charge is 0.203 e. The summed E-state index contributed by atoms with van der Waals surface area (Å²) in [6.07, 6.45) is 3.38. The monoisotopic (exact) mass is 99.0 g/mol. The highest BCUT2D eigenvalue weighted by Crippen LogP contribution is 1.65. The molecule has 0 aliphatic carbocycles. The highest BCUT2D eigenvalue weighted by atomic mass is 32.1. The van der Waals surface area contributed by atoms with Gasteiger partial charge < -0.3 is 0 Å². The number of hydrogen-bond acceptors (Lipinski definition) is 2. The molecule has 6 heavy (non-hydrogen) atoms. The topological polar surface area (TPSA) is 12.4 Å². The molecule has 1 nitrogen and oxygen atoms in total. The molecule has 0 aliphatic rings. The summed E-state index contributed by atoms with van der Waals surface area (Å²) in [6.45, 7) is 1.87. The number of hydrogen-bond donors (Lipinski definition) is 0. The van der Waals surface area contributed by atoms with Crippen molar-refractivity contribution in [2.75, 3.05) is 0 Å². The van der Waals surface area contributed by atoms with Gasteiger partial charge in [-0.1, -0.05) is 6.08 Å². The van der Waals surface area contributed by atoms with E-state index in [0.29, 0.717) is 0 Å². The summed E-state index contributed by atoms with van der Waals surface area (Å²) < 4.78 is 0. The average Bonchev–Trinajstić information content (AvgIpc) is 1.61. The molecule has 32 valence electrons. The summed E-state index contributed by atoms with van der Waals surface area (Å²) in [5.74, 6) is 0. The summed E-state index contributed by atoms with van der Waals surface area (Å²) >= 11 is 4.25. The normalized spacial score (nSPS) is 8.17. The summed E-state index contributed by atoms with van der Waals surface area (Å²) in [5, 5.41) is 2.19. The molecule has 0 aromatic carbocycles. The van der Waals surface area contributed by atoms with Gasteiger partial charge in [0.25, 0.3) is 0 Å². The first-order valence-electron chi connectivity index (χ1n) is 1.60. The van der Waals surface area contributed by atoms with Crippen LogP contribution in [-0.2, 0) is 0 Å².